The molecule has 1 nitrogen and oxygen atoms in total. The van der Waals surface area contributed by atoms with Crippen LogP contribution in [0, 0.1) is 5.92 Å². The van der Waals surface area contributed by atoms with Crippen molar-refractivity contribution in [2.75, 3.05) is 0 Å². The summed E-state index contributed by atoms with van der Waals surface area (Å²) in [5, 5.41) is 0. The Bertz CT molecular complexity index is 230. The minimum atomic E-state index is 0.476. The van der Waals surface area contributed by atoms with Crippen molar-refractivity contribution in [2.24, 2.45) is 10.9 Å². The van der Waals surface area contributed by atoms with Crippen molar-refractivity contribution in [2.45, 2.75) is 59.4 Å². The third-order valence-electron chi connectivity index (χ3n) is 3.18. The standard InChI is InChI=1S/C13H23N/c1-5-11(4)14-9-13(10(2)3)12-7-6-8-12/h9,11-12H,5-8H2,1-4H3/b14-9-. The number of hydrogen-bond donors (Lipinski definition) is 0. The molecule has 1 unspecified atom stereocenters. The van der Waals surface area contributed by atoms with Crippen LogP contribution in [0.3, 0.4) is 0 Å². The molecular weight excluding hydrogens is 170 g/mol. The zero-order valence-corrected chi connectivity index (χ0v) is 10.0. The van der Waals surface area contributed by atoms with Crippen molar-refractivity contribution < 1.29 is 0 Å². The first-order valence-electron chi connectivity index (χ1n) is 5.85. The van der Waals surface area contributed by atoms with Crippen LogP contribution >= 0.6 is 0 Å². The smallest absolute Gasteiger partial charge is 0.0468 e. The van der Waals surface area contributed by atoms with Crippen LogP contribution in [0.5, 0.6) is 0 Å². The van der Waals surface area contributed by atoms with E-state index in [4.69, 9.17) is 0 Å². The van der Waals surface area contributed by atoms with E-state index in [0.29, 0.717) is 6.04 Å². The van der Waals surface area contributed by atoms with Gasteiger partial charge in [-0.3, -0.25) is 4.99 Å². The van der Waals surface area contributed by atoms with Gasteiger partial charge in [0.25, 0.3) is 0 Å². The summed E-state index contributed by atoms with van der Waals surface area (Å²) in [5.74, 6) is 0.813. The quantitative estimate of drug-likeness (QED) is 0.599. The van der Waals surface area contributed by atoms with Crippen LogP contribution in [-0.4, -0.2) is 12.3 Å². The molecule has 1 aliphatic carbocycles. The van der Waals surface area contributed by atoms with E-state index >= 15 is 0 Å². The minimum absolute atomic E-state index is 0.476. The molecule has 0 aromatic carbocycles. The lowest BCUT2D eigenvalue weighted by atomic mass is 9.78. The van der Waals surface area contributed by atoms with Crippen LogP contribution in [0.15, 0.2) is 16.1 Å². The lowest BCUT2D eigenvalue weighted by Crippen LogP contribution is -2.16. The molecule has 1 atom stereocenters. The summed E-state index contributed by atoms with van der Waals surface area (Å²) in [7, 11) is 0. The normalized spacial score (nSPS) is 19.4. The summed E-state index contributed by atoms with van der Waals surface area (Å²) >= 11 is 0. The molecule has 1 rings (SSSR count). The molecule has 0 bridgehead atoms. The fourth-order valence-corrected chi connectivity index (χ4v) is 1.67. The van der Waals surface area contributed by atoms with Gasteiger partial charge in [0.15, 0.2) is 0 Å². The van der Waals surface area contributed by atoms with Gasteiger partial charge in [-0.2, -0.15) is 0 Å². The molecule has 1 aliphatic rings. The van der Waals surface area contributed by atoms with Crippen molar-refractivity contribution in [3.05, 3.63) is 11.1 Å². The Kier molecular flexibility index (Phi) is 4.37. The van der Waals surface area contributed by atoms with Gasteiger partial charge in [0.05, 0.1) is 0 Å². The van der Waals surface area contributed by atoms with E-state index in [1.54, 1.807) is 0 Å². The van der Waals surface area contributed by atoms with Crippen molar-refractivity contribution >= 4 is 6.21 Å². The summed E-state index contributed by atoms with van der Waals surface area (Å²) in [6.07, 6.45) is 7.41. The third-order valence-corrected chi connectivity index (χ3v) is 3.18. The fourth-order valence-electron chi connectivity index (χ4n) is 1.67. The third kappa shape index (κ3) is 2.97. The first-order chi connectivity index (χ1) is 6.65. The van der Waals surface area contributed by atoms with E-state index in [9.17, 15) is 0 Å². The van der Waals surface area contributed by atoms with Crippen LogP contribution < -0.4 is 0 Å². The highest BCUT2D eigenvalue weighted by atomic mass is 14.7. The minimum Gasteiger partial charge on any atom is -0.290 e. The SMILES string of the molecule is CCC(C)/N=C\C(=C(C)C)C1CCC1. The van der Waals surface area contributed by atoms with E-state index in [2.05, 4.69) is 38.9 Å². The zero-order valence-electron chi connectivity index (χ0n) is 10.0. The number of hydrogen-bond acceptors (Lipinski definition) is 1. The number of allylic oxidation sites excluding steroid dienone is 2. The maximum absolute atomic E-state index is 4.58. The Morgan fingerprint density at radius 2 is 2.07 bits per heavy atom. The summed E-state index contributed by atoms with van der Waals surface area (Å²) < 4.78 is 0. The highest BCUT2D eigenvalue weighted by molar-refractivity contribution is 5.80. The van der Waals surface area contributed by atoms with E-state index in [1.807, 2.05) is 0 Å². The second-order valence-electron chi connectivity index (χ2n) is 4.62. The average Bonchev–Trinajstić information content (AvgIpc) is 2.07. The van der Waals surface area contributed by atoms with Crippen molar-refractivity contribution in [3.63, 3.8) is 0 Å². The number of nitrogens with zero attached hydrogens (tertiary/aromatic N) is 1. The second-order valence-corrected chi connectivity index (χ2v) is 4.62. The monoisotopic (exact) mass is 193 g/mol. The Morgan fingerprint density at radius 3 is 2.43 bits per heavy atom. The molecule has 0 N–H and O–H groups in total. The maximum atomic E-state index is 4.58. The summed E-state index contributed by atoms with van der Waals surface area (Å²) in [5.41, 5.74) is 2.94. The molecule has 14 heavy (non-hydrogen) atoms. The van der Waals surface area contributed by atoms with Crippen molar-refractivity contribution in [1.29, 1.82) is 0 Å². The molecule has 0 aromatic rings. The fraction of sp³-hybridized carbons (Fsp3) is 0.769. The highest BCUT2D eigenvalue weighted by Crippen LogP contribution is 2.33. The molecule has 0 saturated heterocycles. The number of rotatable bonds is 4. The predicted octanol–water partition coefficient (Wildman–Crippen LogP) is 3.99. The van der Waals surface area contributed by atoms with Gasteiger partial charge in [-0.15, -0.1) is 0 Å². The van der Waals surface area contributed by atoms with E-state index < -0.39 is 0 Å². The predicted molar refractivity (Wildman–Crippen MR) is 64.0 cm³/mol. The molecule has 0 radical (unpaired) electrons. The van der Waals surface area contributed by atoms with Gasteiger partial charge in [-0.1, -0.05) is 18.9 Å². The Balaban J connectivity index is 2.61. The lowest BCUT2D eigenvalue weighted by molar-refractivity contribution is 0.376. The van der Waals surface area contributed by atoms with E-state index in [-0.39, 0.29) is 0 Å². The van der Waals surface area contributed by atoms with Crippen molar-refractivity contribution in [3.8, 4) is 0 Å². The zero-order chi connectivity index (χ0) is 10.6. The van der Waals surface area contributed by atoms with Gasteiger partial charge in [0, 0.05) is 12.3 Å². The largest absolute Gasteiger partial charge is 0.290 e. The van der Waals surface area contributed by atoms with Gasteiger partial charge in [0.1, 0.15) is 0 Å². The maximum Gasteiger partial charge on any atom is 0.0468 e. The molecule has 0 aliphatic heterocycles. The Hall–Kier alpha value is -0.590. The molecule has 80 valence electrons. The summed E-state index contributed by atoms with van der Waals surface area (Å²) in [6, 6.07) is 0.476. The molecule has 1 saturated carbocycles. The lowest BCUT2D eigenvalue weighted by Gasteiger charge is -2.27. The van der Waals surface area contributed by atoms with Crippen LogP contribution in [0.1, 0.15) is 53.4 Å². The van der Waals surface area contributed by atoms with Crippen LogP contribution in [0.25, 0.3) is 0 Å². The number of aliphatic imine (C=N–C) groups is 1. The van der Waals surface area contributed by atoms with Gasteiger partial charge >= 0.3 is 0 Å². The molecular formula is C13H23N. The first kappa shape index (κ1) is 11.5. The van der Waals surface area contributed by atoms with E-state index in [0.717, 1.165) is 12.3 Å². The Morgan fingerprint density at radius 1 is 1.43 bits per heavy atom. The second kappa shape index (κ2) is 5.33. The molecule has 1 fully saturated rings. The van der Waals surface area contributed by atoms with Gasteiger partial charge in [-0.05, 0) is 51.5 Å². The first-order valence-corrected chi connectivity index (χ1v) is 5.85. The molecule has 0 spiro atoms. The summed E-state index contributed by atoms with van der Waals surface area (Å²) in [4.78, 5) is 4.58. The van der Waals surface area contributed by atoms with Crippen molar-refractivity contribution in [1.82, 2.24) is 0 Å². The van der Waals surface area contributed by atoms with Gasteiger partial charge < -0.3 is 0 Å². The topological polar surface area (TPSA) is 12.4 Å². The van der Waals surface area contributed by atoms with E-state index in [1.165, 1.54) is 30.4 Å². The van der Waals surface area contributed by atoms with Crippen LogP contribution in [-0.2, 0) is 0 Å². The molecule has 1 heteroatoms. The van der Waals surface area contributed by atoms with Crippen LogP contribution in [0.2, 0.25) is 0 Å². The Labute approximate surface area is 88.3 Å². The van der Waals surface area contributed by atoms with Gasteiger partial charge in [0.2, 0.25) is 0 Å². The molecule has 0 aromatic heterocycles. The summed E-state index contributed by atoms with van der Waals surface area (Å²) in [6.45, 7) is 8.78. The molecule has 0 amide bonds. The highest BCUT2D eigenvalue weighted by Gasteiger charge is 2.21. The average molecular weight is 193 g/mol. The van der Waals surface area contributed by atoms with Crippen LogP contribution in [0.4, 0.5) is 0 Å². The molecule has 0 heterocycles. The van der Waals surface area contributed by atoms with Gasteiger partial charge in [-0.25, -0.2) is 0 Å².